The number of aryl methyl sites for hydroxylation is 2. The number of nitrogens with one attached hydrogen (secondary N) is 1. The molecule has 3 heterocycles. The number of anilines is 2. The lowest BCUT2D eigenvalue weighted by Gasteiger charge is -2.10. The van der Waals surface area contributed by atoms with Gasteiger partial charge in [-0.15, -0.1) is 0 Å². The van der Waals surface area contributed by atoms with Crippen molar-refractivity contribution in [2.24, 2.45) is 0 Å². The minimum atomic E-state index is 0.525. The standard InChI is InChI=1S/C22H19N5O/c1-14-4-6-17(7-5-14)25-20-11-16(12-23)10-19(26-20)22-15(2)24-21-9-8-18(28-3)13-27(21)22/h4-11,13H,1-3H3,(H,25,26). The molecule has 1 aromatic carbocycles. The molecule has 0 aliphatic carbocycles. The second kappa shape index (κ2) is 7.05. The van der Waals surface area contributed by atoms with Gasteiger partial charge in [-0.2, -0.15) is 5.26 Å². The third kappa shape index (κ3) is 3.26. The van der Waals surface area contributed by atoms with Gasteiger partial charge in [-0.25, -0.2) is 9.97 Å². The maximum Gasteiger partial charge on any atom is 0.137 e. The van der Waals surface area contributed by atoms with Crippen LogP contribution in [0.2, 0.25) is 0 Å². The van der Waals surface area contributed by atoms with Crippen molar-refractivity contribution in [2.45, 2.75) is 13.8 Å². The van der Waals surface area contributed by atoms with Crippen LogP contribution in [0.1, 0.15) is 16.8 Å². The molecular weight excluding hydrogens is 350 g/mol. The molecule has 3 aromatic heterocycles. The quantitative estimate of drug-likeness (QED) is 0.567. The van der Waals surface area contributed by atoms with Crippen LogP contribution in [0.4, 0.5) is 11.5 Å². The van der Waals surface area contributed by atoms with E-state index in [0.717, 1.165) is 28.5 Å². The number of hydrogen-bond donors (Lipinski definition) is 1. The van der Waals surface area contributed by atoms with E-state index < -0.39 is 0 Å². The predicted octanol–water partition coefficient (Wildman–Crippen LogP) is 4.64. The first-order chi connectivity index (χ1) is 13.6. The molecule has 1 N–H and O–H groups in total. The van der Waals surface area contributed by atoms with Gasteiger partial charge in [0.05, 0.1) is 42.0 Å². The summed E-state index contributed by atoms with van der Waals surface area (Å²) < 4.78 is 7.28. The molecule has 4 rings (SSSR count). The van der Waals surface area contributed by atoms with Gasteiger partial charge in [-0.1, -0.05) is 17.7 Å². The Hall–Kier alpha value is -3.85. The zero-order valence-electron chi connectivity index (χ0n) is 15.9. The van der Waals surface area contributed by atoms with Crippen molar-refractivity contribution in [3.8, 4) is 23.2 Å². The van der Waals surface area contributed by atoms with E-state index in [2.05, 4.69) is 16.4 Å². The zero-order valence-corrected chi connectivity index (χ0v) is 15.9. The van der Waals surface area contributed by atoms with Gasteiger partial charge in [0.25, 0.3) is 0 Å². The average molecular weight is 369 g/mol. The molecule has 28 heavy (non-hydrogen) atoms. The largest absolute Gasteiger partial charge is 0.495 e. The van der Waals surface area contributed by atoms with Crippen LogP contribution >= 0.6 is 0 Å². The second-order valence-electron chi connectivity index (χ2n) is 6.57. The summed E-state index contributed by atoms with van der Waals surface area (Å²) in [4.78, 5) is 9.35. The molecule has 0 saturated carbocycles. The molecule has 0 bridgehead atoms. The second-order valence-corrected chi connectivity index (χ2v) is 6.57. The fourth-order valence-electron chi connectivity index (χ4n) is 3.14. The number of benzene rings is 1. The number of fused-ring (bicyclic) bond motifs is 1. The highest BCUT2D eigenvalue weighted by Crippen LogP contribution is 2.28. The molecule has 0 amide bonds. The maximum absolute atomic E-state index is 9.50. The third-order valence-electron chi connectivity index (χ3n) is 4.52. The van der Waals surface area contributed by atoms with Gasteiger partial charge in [0.2, 0.25) is 0 Å². The van der Waals surface area contributed by atoms with Crippen molar-refractivity contribution < 1.29 is 4.74 Å². The Labute approximate surface area is 163 Å². The van der Waals surface area contributed by atoms with Crippen molar-refractivity contribution in [3.05, 3.63) is 71.5 Å². The highest BCUT2D eigenvalue weighted by atomic mass is 16.5. The van der Waals surface area contributed by atoms with E-state index in [4.69, 9.17) is 9.72 Å². The van der Waals surface area contributed by atoms with Gasteiger partial charge in [0.15, 0.2) is 0 Å². The Morgan fingerprint density at radius 2 is 1.82 bits per heavy atom. The third-order valence-corrected chi connectivity index (χ3v) is 4.52. The van der Waals surface area contributed by atoms with Crippen LogP contribution in [0.5, 0.6) is 5.75 Å². The molecule has 138 valence electrons. The van der Waals surface area contributed by atoms with Crippen molar-refractivity contribution in [1.82, 2.24) is 14.4 Å². The van der Waals surface area contributed by atoms with Crippen molar-refractivity contribution in [3.63, 3.8) is 0 Å². The van der Waals surface area contributed by atoms with Gasteiger partial charge in [0, 0.05) is 5.69 Å². The van der Waals surface area contributed by atoms with Gasteiger partial charge in [0.1, 0.15) is 17.2 Å². The lowest BCUT2D eigenvalue weighted by atomic mass is 10.1. The van der Waals surface area contributed by atoms with Crippen LogP contribution in [-0.4, -0.2) is 21.5 Å². The highest BCUT2D eigenvalue weighted by Gasteiger charge is 2.15. The number of nitrogens with zero attached hydrogens (tertiary/aromatic N) is 4. The van der Waals surface area contributed by atoms with E-state index in [1.54, 1.807) is 19.2 Å². The van der Waals surface area contributed by atoms with Crippen LogP contribution in [0, 0.1) is 25.2 Å². The number of imidazole rings is 1. The summed E-state index contributed by atoms with van der Waals surface area (Å²) in [7, 11) is 1.63. The van der Waals surface area contributed by atoms with Crippen LogP contribution in [-0.2, 0) is 0 Å². The monoisotopic (exact) mass is 369 g/mol. The molecule has 0 unspecified atom stereocenters. The summed E-state index contributed by atoms with van der Waals surface area (Å²) in [5, 5.41) is 12.8. The Bertz CT molecular complexity index is 1200. The molecule has 0 saturated heterocycles. The molecule has 6 nitrogen and oxygen atoms in total. The van der Waals surface area contributed by atoms with E-state index in [9.17, 15) is 5.26 Å². The van der Waals surface area contributed by atoms with E-state index >= 15 is 0 Å². The lowest BCUT2D eigenvalue weighted by Crippen LogP contribution is -1.99. The predicted molar refractivity (Wildman–Crippen MR) is 109 cm³/mol. The first-order valence-corrected chi connectivity index (χ1v) is 8.86. The minimum Gasteiger partial charge on any atom is -0.495 e. The molecule has 0 fully saturated rings. The number of rotatable bonds is 4. The topological polar surface area (TPSA) is 75.2 Å². The van der Waals surface area contributed by atoms with Gasteiger partial charge >= 0.3 is 0 Å². The molecule has 0 spiro atoms. The van der Waals surface area contributed by atoms with Gasteiger partial charge < -0.3 is 10.1 Å². The van der Waals surface area contributed by atoms with Crippen LogP contribution in [0.3, 0.4) is 0 Å². The number of nitriles is 1. The number of ether oxygens (including phenoxy) is 1. The first kappa shape index (κ1) is 17.6. The Morgan fingerprint density at radius 3 is 2.54 bits per heavy atom. The van der Waals surface area contributed by atoms with E-state index in [0.29, 0.717) is 17.1 Å². The summed E-state index contributed by atoms with van der Waals surface area (Å²) in [6, 6.07) is 17.5. The Balaban J connectivity index is 1.84. The van der Waals surface area contributed by atoms with E-state index in [1.807, 2.05) is 60.8 Å². The highest BCUT2D eigenvalue weighted by molar-refractivity contribution is 5.69. The van der Waals surface area contributed by atoms with Gasteiger partial charge in [-0.3, -0.25) is 4.40 Å². The van der Waals surface area contributed by atoms with E-state index in [1.165, 1.54) is 5.56 Å². The summed E-state index contributed by atoms with van der Waals surface area (Å²) in [6.07, 6.45) is 1.87. The molecule has 6 heteroatoms. The van der Waals surface area contributed by atoms with Crippen LogP contribution in [0.25, 0.3) is 17.0 Å². The van der Waals surface area contributed by atoms with Gasteiger partial charge in [-0.05, 0) is 50.2 Å². The number of pyridine rings is 2. The molecule has 0 aliphatic heterocycles. The number of methoxy groups -OCH3 is 1. The minimum absolute atomic E-state index is 0.525. The van der Waals surface area contributed by atoms with Crippen molar-refractivity contribution in [1.29, 1.82) is 5.26 Å². The molecule has 0 aliphatic rings. The molecular formula is C22H19N5O. The van der Waals surface area contributed by atoms with E-state index in [-0.39, 0.29) is 0 Å². The number of aromatic nitrogens is 3. The summed E-state index contributed by atoms with van der Waals surface area (Å²) in [5.74, 6) is 1.33. The average Bonchev–Trinajstić information content (AvgIpc) is 3.04. The van der Waals surface area contributed by atoms with Crippen LogP contribution in [0.15, 0.2) is 54.7 Å². The van der Waals surface area contributed by atoms with Crippen molar-refractivity contribution in [2.75, 3.05) is 12.4 Å². The molecule has 0 radical (unpaired) electrons. The summed E-state index contributed by atoms with van der Waals surface area (Å²) in [6.45, 7) is 3.97. The smallest absolute Gasteiger partial charge is 0.137 e. The first-order valence-electron chi connectivity index (χ1n) is 8.86. The lowest BCUT2D eigenvalue weighted by molar-refractivity contribution is 0.412. The SMILES string of the molecule is COc1ccc2nc(C)c(-c3cc(C#N)cc(Nc4ccc(C)cc4)n3)n2c1. The molecule has 4 aromatic rings. The normalized spacial score (nSPS) is 10.6. The van der Waals surface area contributed by atoms with Crippen LogP contribution < -0.4 is 10.1 Å². The molecule has 0 atom stereocenters. The fraction of sp³-hybridized carbons (Fsp3) is 0.136. The summed E-state index contributed by atoms with van der Waals surface area (Å²) >= 11 is 0. The Kier molecular flexibility index (Phi) is 4.42. The zero-order chi connectivity index (χ0) is 19.7. The fourth-order valence-corrected chi connectivity index (χ4v) is 3.14. The maximum atomic E-state index is 9.50. The number of hydrogen-bond acceptors (Lipinski definition) is 5. The Morgan fingerprint density at radius 1 is 1.04 bits per heavy atom. The summed E-state index contributed by atoms with van der Waals surface area (Å²) in [5.41, 5.74) is 5.75. The van der Waals surface area contributed by atoms with Crippen molar-refractivity contribution >= 4 is 17.2 Å².